The van der Waals surface area contributed by atoms with Gasteiger partial charge in [-0.2, -0.15) is 4.37 Å². The third kappa shape index (κ3) is 2.43. The van der Waals surface area contributed by atoms with Crippen LogP contribution in [0.4, 0.5) is 5.82 Å². The molecule has 5 heteroatoms. The molecule has 0 radical (unpaired) electrons. The van der Waals surface area contributed by atoms with E-state index in [4.69, 9.17) is 9.11 Å². The average molecular weight is 303 g/mol. The van der Waals surface area contributed by atoms with E-state index in [9.17, 15) is 0 Å². The van der Waals surface area contributed by atoms with Crippen LogP contribution in [-0.4, -0.2) is 42.3 Å². The van der Waals surface area contributed by atoms with Gasteiger partial charge in [0.2, 0.25) is 0 Å². The monoisotopic (exact) mass is 303 g/mol. The average Bonchev–Trinajstić information content (AvgIpc) is 2.91. The van der Waals surface area contributed by atoms with Gasteiger partial charge in [-0.25, -0.2) is 0 Å². The summed E-state index contributed by atoms with van der Waals surface area (Å²) in [5.41, 5.74) is 0.00758. The Bertz CT molecular complexity index is 639. The molecular formula is C16H21N3OS. The number of ether oxygens (including phenoxy) is 1. The maximum Gasteiger partial charge on any atom is 0.150 e. The Hall–Kier alpha value is -1.17. The van der Waals surface area contributed by atoms with Gasteiger partial charge >= 0.3 is 0 Å². The van der Waals surface area contributed by atoms with Crippen LogP contribution in [0.3, 0.4) is 0 Å². The number of hydrogen-bond acceptors (Lipinski definition) is 5. The largest absolute Gasteiger partial charge is 0.371 e. The molecule has 2 fully saturated rings. The summed E-state index contributed by atoms with van der Waals surface area (Å²) in [6.45, 7) is 6.01. The number of piperidine rings is 1. The van der Waals surface area contributed by atoms with Crippen molar-refractivity contribution in [2.24, 2.45) is 0 Å². The van der Waals surface area contributed by atoms with Crippen molar-refractivity contribution in [2.45, 2.75) is 31.4 Å². The Labute approximate surface area is 129 Å². The number of anilines is 1. The molecule has 1 aromatic heterocycles. The van der Waals surface area contributed by atoms with Gasteiger partial charge < -0.3 is 15.0 Å². The smallest absolute Gasteiger partial charge is 0.150 e. The number of hydrogen-bond donors (Lipinski definition) is 1. The molecule has 1 aromatic carbocycles. The summed E-state index contributed by atoms with van der Waals surface area (Å²) in [6.07, 6.45) is 2.18. The fraction of sp³-hybridized carbons (Fsp3) is 0.562. The molecule has 4 rings (SSSR count). The lowest BCUT2D eigenvalue weighted by Gasteiger charge is -2.47. The highest BCUT2D eigenvalue weighted by atomic mass is 32.1. The number of rotatable bonds is 1. The number of nitrogens with one attached hydrogen (secondary N) is 1. The highest BCUT2D eigenvalue weighted by Crippen LogP contribution is 2.35. The van der Waals surface area contributed by atoms with Gasteiger partial charge in [0.15, 0.2) is 0 Å². The van der Waals surface area contributed by atoms with E-state index in [1.54, 1.807) is 11.5 Å². The second-order valence-corrected chi connectivity index (χ2v) is 7.07. The first-order chi connectivity index (χ1) is 10.3. The summed E-state index contributed by atoms with van der Waals surface area (Å²) >= 11 is 1.60. The predicted octanol–water partition coefficient (Wildman–Crippen LogP) is 2.64. The quantitative estimate of drug-likeness (QED) is 0.879. The van der Waals surface area contributed by atoms with Gasteiger partial charge in [0.05, 0.1) is 16.9 Å². The van der Waals surface area contributed by atoms with Gasteiger partial charge in [0.25, 0.3) is 0 Å². The summed E-state index contributed by atoms with van der Waals surface area (Å²) in [5, 5.41) is 4.80. The van der Waals surface area contributed by atoms with Gasteiger partial charge in [-0.05, 0) is 50.0 Å². The number of benzene rings is 1. The van der Waals surface area contributed by atoms with Crippen LogP contribution in [0, 0.1) is 0 Å². The lowest BCUT2D eigenvalue weighted by Crippen LogP contribution is -2.58. The highest BCUT2D eigenvalue weighted by Gasteiger charge is 2.40. The molecule has 21 heavy (non-hydrogen) atoms. The first-order valence-electron chi connectivity index (χ1n) is 7.73. The number of aromatic nitrogens is 1. The van der Waals surface area contributed by atoms with Crippen LogP contribution in [0.15, 0.2) is 24.3 Å². The molecule has 0 bridgehead atoms. The minimum Gasteiger partial charge on any atom is -0.371 e. The van der Waals surface area contributed by atoms with Crippen LogP contribution in [-0.2, 0) is 4.74 Å². The maximum atomic E-state index is 6.21. The molecule has 2 aromatic rings. The topological polar surface area (TPSA) is 37.4 Å². The Morgan fingerprint density at radius 1 is 1.43 bits per heavy atom. The van der Waals surface area contributed by atoms with E-state index < -0.39 is 0 Å². The number of fused-ring (bicyclic) bond motifs is 1. The van der Waals surface area contributed by atoms with Crippen molar-refractivity contribution in [2.75, 3.05) is 31.1 Å². The molecule has 2 aliphatic heterocycles. The van der Waals surface area contributed by atoms with E-state index in [-0.39, 0.29) is 5.60 Å². The number of nitrogens with zero attached hydrogens (tertiary/aromatic N) is 2. The van der Waals surface area contributed by atoms with Crippen LogP contribution in [0.25, 0.3) is 10.1 Å². The van der Waals surface area contributed by atoms with Crippen molar-refractivity contribution in [3.63, 3.8) is 0 Å². The van der Waals surface area contributed by atoms with Gasteiger partial charge in [-0.15, -0.1) is 0 Å². The lowest BCUT2D eigenvalue weighted by molar-refractivity contribution is -0.0813. The maximum absolute atomic E-state index is 6.21. The normalized spacial score (nSPS) is 30.1. The lowest BCUT2D eigenvalue weighted by atomic mass is 9.86. The predicted molar refractivity (Wildman–Crippen MR) is 87.2 cm³/mol. The van der Waals surface area contributed by atoms with E-state index in [2.05, 4.69) is 41.4 Å². The second kappa shape index (κ2) is 5.23. The minimum absolute atomic E-state index is 0.00758. The summed E-state index contributed by atoms with van der Waals surface area (Å²) in [5.74, 6) is 1.14. The zero-order valence-electron chi connectivity index (χ0n) is 12.3. The van der Waals surface area contributed by atoms with Crippen LogP contribution in [0.1, 0.15) is 19.8 Å². The highest BCUT2D eigenvalue weighted by molar-refractivity contribution is 7.13. The zero-order chi connectivity index (χ0) is 14.3. The van der Waals surface area contributed by atoms with E-state index in [0.717, 1.165) is 44.9 Å². The third-order valence-corrected chi connectivity index (χ3v) is 5.47. The minimum atomic E-state index is 0.00758. The van der Waals surface area contributed by atoms with Gasteiger partial charge in [0.1, 0.15) is 5.82 Å². The molecule has 3 heterocycles. The van der Waals surface area contributed by atoms with E-state index >= 15 is 0 Å². The van der Waals surface area contributed by atoms with Crippen LogP contribution < -0.4 is 10.2 Å². The summed E-state index contributed by atoms with van der Waals surface area (Å²) < 4.78 is 12.2. The van der Waals surface area contributed by atoms with Gasteiger partial charge in [-0.1, -0.05) is 12.1 Å². The molecule has 0 saturated carbocycles. The van der Waals surface area contributed by atoms with Crippen molar-refractivity contribution >= 4 is 27.4 Å². The molecule has 2 atom stereocenters. The fourth-order valence-corrected chi connectivity index (χ4v) is 4.48. The van der Waals surface area contributed by atoms with Gasteiger partial charge in [0, 0.05) is 24.5 Å². The van der Waals surface area contributed by atoms with Crippen LogP contribution >= 0.6 is 11.5 Å². The van der Waals surface area contributed by atoms with Crippen molar-refractivity contribution < 1.29 is 4.74 Å². The van der Waals surface area contributed by atoms with Crippen molar-refractivity contribution in [3.05, 3.63) is 24.3 Å². The first kappa shape index (κ1) is 13.5. The zero-order valence-corrected chi connectivity index (χ0v) is 13.2. The first-order valence-corrected chi connectivity index (χ1v) is 8.50. The third-order valence-electron chi connectivity index (χ3n) is 4.66. The molecule has 1 N–H and O–H groups in total. The molecule has 1 spiro atoms. The van der Waals surface area contributed by atoms with Gasteiger partial charge in [-0.3, -0.25) is 0 Å². The standard InChI is InChI=1S/C16H21N3OS/c1-12-10-16(6-7-17-12)11-19(8-9-20-16)15-13-4-2-3-5-14(13)21-18-15/h2-5,12,17H,6-11H2,1H3. The second-order valence-electron chi connectivity index (χ2n) is 6.26. The molecule has 0 aliphatic carbocycles. The van der Waals surface area contributed by atoms with E-state index in [1.165, 1.54) is 10.1 Å². The summed E-state index contributed by atoms with van der Waals surface area (Å²) in [6, 6.07) is 9.05. The van der Waals surface area contributed by atoms with Crippen LogP contribution in [0.5, 0.6) is 0 Å². The Balaban J connectivity index is 1.63. The SMILES string of the molecule is CC1CC2(CCN1)CN(c1nsc3ccccc13)CCO2. The Morgan fingerprint density at radius 3 is 3.24 bits per heavy atom. The molecule has 2 unspecified atom stereocenters. The van der Waals surface area contributed by atoms with Crippen molar-refractivity contribution in [1.82, 2.24) is 9.69 Å². The van der Waals surface area contributed by atoms with Crippen LogP contribution in [0.2, 0.25) is 0 Å². The van der Waals surface area contributed by atoms with Crippen molar-refractivity contribution in [1.29, 1.82) is 0 Å². The molecule has 2 saturated heterocycles. The summed E-state index contributed by atoms with van der Waals surface area (Å²) in [4.78, 5) is 2.43. The fourth-order valence-electron chi connectivity index (χ4n) is 3.68. The Kier molecular flexibility index (Phi) is 3.36. The number of morpholine rings is 1. The molecular weight excluding hydrogens is 282 g/mol. The molecule has 4 nitrogen and oxygen atoms in total. The summed E-state index contributed by atoms with van der Waals surface area (Å²) in [7, 11) is 0. The molecule has 2 aliphatic rings. The van der Waals surface area contributed by atoms with E-state index in [0.29, 0.717) is 6.04 Å². The van der Waals surface area contributed by atoms with Crippen molar-refractivity contribution in [3.8, 4) is 0 Å². The molecule has 112 valence electrons. The Morgan fingerprint density at radius 2 is 2.33 bits per heavy atom. The molecule has 0 amide bonds. The van der Waals surface area contributed by atoms with E-state index in [1.807, 2.05) is 0 Å².